The number of aromatic nitrogens is 3. The van der Waals surface area contributed by atoms with Crippen LogP contribution >= 0.6 is 0 Å². The zero-order valence-electron chi connectivity index (χ0n) is 36.8. The molecule has 0 unspecified atom stereocenters. The molecule has 2 aliphatic rings. The van der Waals surface area contributed by atoms with Gasteiger partial charge in [-0.15, -0.1) is 54.1 Å². The third-order valence-electron chi connectivity index (χ3n) is 9.95. The van der Waals surface area contributed by atoms with Gasteiger partial charge in [-0.25, -0.2) is 4.98 Å². The van der Waals surface area contributed by atoms with Crippen LogP contribution in [-0.4, -0.2) is 23.0 Å². The fourth-order valence-corrected chi connectivity index (χ4v) is 8.70. The maximum absolute atomic E-state index is 8.99. The van der Waals surface area contributed by atoms with E-state index in [1.165, 1.54) is 18.9 Å². The Balaban J connectivity index is 0.000000198. The molecule has 0 amide bonds. The van der Waals surface area contributed by atoms with Crippen LogP contribution in [0.15, 0.2) is 83.5 Å². The first-order valence-electron chi connectivity index (χ1n) is 21.7. The van der Waals surface area contributed by atoms with Gasteiger partial charge >= 0.3 is 0 Å². The molecule has 1 radical (unpaired) electrons. The summed E-state index contributed by atoms with van der Waals surface area (Å²) in [4.78, 5) is 13.4. The maximum Gasteiger partial charge on any atom is 0.216 e. The van der Waals surface area contributed by atoms with E-state index in [-0.39, 0.29) is 43.3 Å². The monoisotopic (exact) mass is 877 g/mol. The van der Waals surface area contributed by atoms with Gasteiger partial charge in [0.15, 0.2) is 0 Å². The van der Waals surface area contributed by atoms with E-state index in [2.05, 4.69) is 46.7 Å². The molecule has 2 saturated carbocycles. The third kappa shape index (κ3) is 9.14. The second kappa shape index (κ2) is 16.9. The first-order chi connectivity index (χ1) is 27.0. The Morgan fingerprint density at radius 2 is 1.57 bits per heavy atom. The van der Waals surface area contributed by atoms with Crippen LogP contribution in [0.4, 0.5) is 0 Å². The van der Waals surface area contributed by atoms with Crippen molar-refractivity contribution in [3.8, 4) is 22.5 Å². The molecule has 6 heteroatoms. The van der Waals surface area contributed by atoms with Crippen molar-refractivity contribution < 1.29 is 34.1 Å². The minimum absolute atomic E-state index is 0. The van der Waals surface area contributed by atoms with Crippen LogP contribution in [0.1, 0.15) is 90.6 Å². The van der Waals surface area contributed by atoms with Gasteiger partial charge in [-0.2, -0.15) is 0 Å². The average Bonchev–Trinajstić information content (AvgIpc) is 3.60. The standard InChI is InChI=1S/C24H23N2O.C21H28NSi.Ir/c1-16-10-11-20-19-8-5-9-21(23(19)27-24(20)26-16)22-15-18(12-13-25-22)14-17-6-3-2-4-7-17;1-23(2,3)21-16-22-20(18-12-8-5-9-13-18)15-19(21)14-17-10-6-4-7-11-17;/h5,8,10-13,15,17H,2-4,6-7,14H2,1H3;5,8-9,12,15-17H,4,6-7,10-11,14H2,1-3H3;/q2*-1;/i1D3,14D2;14D2;. The van der Waals surface area contributed by atoms with Crippen LogP contribution in [0.5, 0.6) is 0 Å². The normalized spacial score (nSPS) is 18.5. The third-order valence-corrected chi connectivity index (χ3v) is 12.0. The Labute approximate surface area is 329 Å². The van der Waals surface area contributed by atoms with Gasteiger partial charge in [0.05, 0.1) is 13.7 Å². The molecule has 267 valence electrons. The van der Waals surface area contributed by atoms with E-state index in [4.69, 9.17) is 14.0 Å². The number of nitrogens with zero attached hydrogens (tertiary/aromatic N) is 3. The minimum Gasteiger partial charge on any atom is -0.486 e. The molecule has 8 rings (SSSR count). The van der Waals surface area contributed by atoms with Crippen molar-refractivity contribution in [2.45, 2.75) is 103 Å². The molecule has 0 bridgehead atoms. The van der Waals surface area contributed by atoms with Gasteiger partial charge in [0.2, 0.25) is 5.71 Å². The number of aryl methyl sites for hydroxylation is 1. The molecule has 4 heterocycles. The molecule has 4 nitrogen and oxygen atoms in total. The summed E-state index contributed by atoms with van der Waals surface area (Å²) >= 11 is 0. The van der Waals surface area contributed by atoms with E-state index in [0.29, 0.717) is 22.4 Å². The van der Waals surface area contributed by atoms with Gasteiger partial charge in [-0.1, -0.05) is 118 Å². The first-order valence-corrected chi connectivity index (χ1v) is 21.7. The Morgan fingerprint density at radius 1 is 0.804 bits per heavy atom. The smallest absolute Gasteiger partial charge is 0.216 e. The summed E-state index contributed by atoms with van der Waals surface area (Å²) in [5, 5.41) is 2.67. The van der Waals surface area contributed by atoms with Crippen LogP contribution in [-0.2, 0) is 32.9 Å². The number of hydrogen-bond donors (Lipinski definition) is 0. The number of rotatable bonds is 7. The molecule has 51 heavy (non-hydrogen) atoms. The van der Waals surface area contributed by atoms with E-state index in [0.717, 1.165) is 84.1 Å². The maximum atomic E-state index is 8.99. The summed E-state index contributed by atoms with van der Waals surface area (Å²) < 4.78 is 64.4. The van der Waals surface area contributed by atoms with Crippen molar-refractivity contribution in [3.63, 3.8) is 0 Å². The zero-order chi connectivity index (χ0) is 40.6. The molecule has 2 fully saturated rings. The number of fused-ring (bicyclic) bond motifs is 3. The number of benzene rings is 2. The average molecular weight is 877 g/mol. The summed E-state index contributed by atoms with van der Waals surface area (Å²) in [6, 6.07) is 26.6. The molecule has 0 atom stereocenters. The van der Waals surface area contributed by atoms with E-state index in [9.17, 15) is 0 Å². The van der Waals surface area contributed by atoms with Gasteiger partial charge in [0, 0.05) is 53.2 Å². The molecule has 0 N–H and O–H groups in total. The molecule has 4 aromatic heterocycles. The van der Waals surface area contributed by atoms with Gasteiger partial charge < -0.3 is 14.4 Å². The van der Waals surface area contributed by atoms with Crippen molar-refractivity contribution in [1.29, 1.82) is 0 Å². The van der Waals surface area contributed by atoms with E-state index >= 15 is 0 Å². The van der Waals surface area contributed by atoms with Crippen molar-refractivity contribution in [2.75, 3.05) is 0 Å². The van der Waals surface area contributed by atoms with E-state index in [1.807, 2.05) is 42.6 Å². The SMILES string of the molecule is [2H]C([2H])([2H])c1ccc2c(n1)oc1c(-c3cc(C([2H])([2H])C4CCCCC4)ccn3)[c-]ccc12.[2H]C([2H])(c1cc(-c2[c-]cccc2)ncc1[Si](C)(C)C)C1CCCCC1.[Ir]. The van der Waals surface area contributed by atoms with Crippen molar-refractivity contribution in [1.82, 2.24) is 15.0 Å². The topological polar surface area (TPSA) is 51.8 Å². The molecular formula is C45H51IrN3OSi-2. The second-order valence-electron chi connectivity index (χ2n) is 14.8. The summed E-state index contributed by atoms with van der Waals surface area (Å²) in [7, 11) is -1.69. The number of furan rings is 1. The minimum atomic E-state index is -2.32. The van der Waals surface area contributed by atoms with Crippen LogP contribution in [0.25, 0.3) is 44.6 Å². The molecule has 2 aromatic carbocycles. The van der Waals surface area contributed by atoms with Gasteiger partial charge in [-0.3, -0.25) is 0 Å². The quantitative estimate of drug-likeness (QED) is 0.118. The van der Waals surface area contributed by atoms with Crippen molar-refractivity contribution >= 4 is 35.3 Å². The Morgan fingerprint density at radius 3 is 2.27 bits per heavy atom. The predicted molar refractivity (Wildman–Crippen MR) is 210 cm³/mol. The van der Waals surface area contributed by atoms with E-state index < -0.39 is 27.7 Å². The fraction of sp³-hybridized carbons (Fsp3) is 0.400. The largest absolute Gasteiger partial charge is 0.486 e. The molecule has 2 aliphatic carbocycles. The van der Waals surface area contributed by atoms with Crippen LogP contribution in [0, 0.1) is 30.8 Å². The molecule has 6 aromatic rings. The van der Waals surface area contributed by atoms with Gasteiger partial charge in [0.1, 0.15) is 0 Å². The molecule has 0 spiro atoms. The summed E-state index contributed by atoms with van der Waals surface area (Å²) in [5.74, 6) is 0.117. The summed E-state index contributed by atoms with van der Waals surface area (Å²) in [5.41, 5.74) is 5.18. The molecular weight excluding hydrogens is 819 g/mol. The Kier molecular flexibility index (Phi) is 9.64. The van der Waals surface area contributed by atoms with Crippen molar-refractivity contribution in [2.24, 2.45) is 11.8 Å². The predicted octanol–water partition coefficient (Wildman–Crippen LogP) is 11.5. The summed E-state index contributed by atoms with van der Waals surface area (Å²) in [6.07, 6.45) is 11.5. The number of hydrogen-bond acceptors (Lipinski definition) is 4. The van der Waals surface area contributed by atoms with Crippen LogP contribution < -0.4 is 5.19 Å². The van der Waals surface area contributed by atoms with Crippen LogP contribution in [0.3, 0.4) is 0 Å². The van der Waals surface area contributed by atoms with Crippen LogP contribution in [0.2, 0.25) is 19.6 Å². The second-order valence-corrected chi connectivity index (χ2v) is 19.8. The molecule has 0 saturated heterocycles. The fourth-order valence-electron chi connectivity index (χ4n) is 7.29. The summed E-state index contributed by atoms with van der Waals surface area (Å²) in [6.45, 7) is 4.51. The molecule has 0 aliphatic heterocycles. The Bertz CT molecular complexity index is 2330. The van der Waals surface area contributed by atoms with Gasteiger partial charge in [0.25, 0.3) is 0 Å². The zero-order valence-corrected chi connectivity index (χ0v) is 33.2. The van der Waals surface area contributed by atoms with Crippen molar-refractivity contribution in [3.05, 3.63) is 108 Å². The first kappa shape index (κ1) is 29.1. The van der Waals surface area contributed by atoms with E-state index in [1.54, 1.807) is 30.5 Å². The Hall–Kier alpha value is -3.44. The number of pyridine rings is 3. The van der Waals surface area contributed by atoms with Gasteiger partial charge in [-0.05, 0) is 66.2 Å².